The Balaban J connectivity index is 2.44. The number of hydrogen-bond donors (Lipinski definition) is 4. The van der Waals surface area contributed by atoms with Gasteiger partial charge in [-0.15, -0.1) is 0 Å². The van der Waals surface area contributed by atoms with E-state index in [2.05, 4.69) is 0 Å². The Hall–Kier alpha value is -3.89. The van der Waals surface area contributed by atoms with E-state index in [9.17, 15) is 34.7 Å². The van der Waals surface area contributed by atoms with Crippen LogP contribution in [0.25, 0.3) is 11.1 Å². The van der Waals surface area contributed by atoms with Gasteiger partial charge in [0.2, 0.25) is 0 Å². The van der Waals surface area contributed by atoms with Gasteiger partial charge in [-0.1, -0.05) is 0 Å². The van der Waals surface area contributed by atoms with Gasteiger partial charge in [-0.2, -0.15) is 0 Å². The van der Waals surface area contributed by atoms with Gasteiger partial charge < -0.3 is 25.8 Å². The summed E-state index contributed by atoms with van der Waals surface area (Å²) in [5.74, 6) is -3.76. The number of nitrogens with two attached hydrogens (primary N) is 1. The zero-order valence-corrected chi connectivity index (χ0v) is 15.2. The van der Waals surface area contributed by atoms with Crippen molar-refractivity contribution in [1.82, 2.24) is 4.98 Å². The van der Waals surface area contributed by atoms with Crippen LogP contribution in [0.4, 0.5) is 17.2 Å². The molecule has 0 saturated carbocycles. The van der Waals surface area contributed by atoms with E-state index in [4.69, 9.17) is 5.73 Å². The van der Waals surface area contributed by atoms with Crippen LogP contribution in [0.1, 0.15) is 40.0 Å². The van der Waals surface area contributed by atoms with Gasteiger partial charge in [-0.25, -0.2) is 9.59 Å². The van der Waals surface area contributed by atoms with Crippen LogP contribution < -0.4 is 16.2 Å². The third kappa shape index (κ3) is 3.61. The van der Waals surface area contributed by atoms with E-state index in [-0.39, 0.29) is 11.3 Å². The van der Waals surface area contributed by atoms with Gasteiger partial charge >= 0.3 is 11.9 Å². The Morgan fingerprint density at radius 2 is 1.72 bits per heavy atom. The molecular formula is C18H18N4O7. The number of anilines is 2. The molecule has 1 fully saturated rings. The van der Waals surface area contributed by atoms with Crippen LogP contribution in [-0.4, -0.2) is 45.1 Å². The Labute approximate surface area is 163 Å². The summed E-state index contributed by atoms with van der Waals surface area (Å²) in [6.45, 7) is 1.21. The molecular weight excluding hydrogens is 384 g/mol. The maximum atomic E-state index is 12.3. The first-order valence-electron chi connectivity index (χ1n) is 8.78. The number of nitro benzene ring substituents is 1. The van der Waals surface area contributed by atoms with Crippen molar-refractivity contribution in [2.75, 3.05) is 23.7 Å². The molecule has 0 aliphatic carbocycles. The van der Waals surface area contributed by atoms with E-state index in [0.29, 0.717) is 18.8 Å². The normalized spacial score (nSPS) is 13.9. The highest BCUT2D eigenvalue weighted by Gasteiger charge is 2.30. The molecule has 0 unspecified atom stereocenters. The van der Waals surface area contributed by atoms with E-state index in [0.717, 1.165) is 25.3 Å². The standard InChI is InChI=1S/C18H18N4O7/c19-15-13(17(24)25)12(14(18(26)27)16(23)20-15)10-8-9(22(28)29)4-5-11(10)21-6-2-1-3-7-21/h4-5,8H,1-3,6-7H2,(H,24,25)(H,26,27)(H3,19,20,23). The fourth-order valence-electron chi connectivity index (χ4n) is 3.56. The monoisotopic (exact) mass is 402 g/mol. The van der Waals surface area contributed by atoms with E-state index in [1.807, 2.05) is 9.88 Å². The summed E-state index contributed by atoms with van der Waals surface area (Å²) in [5.41, 5.74) is 2.68. The SMILES string of the molecule is Nc1[nH]c(=O)c(C(=O)O)c(-c2cc([N+](=O)[O-])ccc2N2CCCCC2)c1C(=O)O. The minimum atomic E-state index is -1.67. The number of carboxylic acids is 2. The molecule has 1 aliphatic heterocycles. The number of aromatic carboxylic acids is 2. The van der Waals surface area contributed by atoms with Crippen molar-refractivity contribution in [3.05, 3.63) is 49.8 Å². The van der Waals surface area contributed by atoms with Gasteiger partial charge in [-0.05, 0) is 25.3 Å². The van der Waals surface area contributed by atoms with Crippen LogP contribution in [0, 0.1) is 10.1 Å². The Morgan fingerprint density at radius 1 is 1.10 bits per heavy atom. The highest BCUT2D eigenvalue weighted by molar-refractivity contribution is 6.09. The van der Waals surface area contributed by atoms with Crippen molar-refractivity contribution in [1.29, 1.82) is 0 Å². The van der Waals surface area contributed by atoms with Gasteiger partial charge in [0, 0.05) is 42.0 Å². The van der Waals surface area contributed by atoms with Crippen LogP contribution in [0.3, 0.4) is 0 Å². The number of rotatable bonds is 5. The third-order valence-electron chi connectivity index (χ3n) is 4.83. The minimum absolute atomic E-state index is 0.0336. The van der Waals surface area contributed by atoms with Crippen molar-refractivity contribution >= 4 is 29.1 Å². The molecule has 29 heavy (non-hydrogen) atoms. The third-order valence-corrected chi connectivity index (χ3v) is 4.83. The van der Waals surface area contributed by atoms with E-state index >= 15 is 0 Å². The van der Waals surface area contributed by atoms with E-state index < -0.39 is 44.9 Å². The number of nitrogens with zero attached hydrogens (tertiary/aromatic N) is 2. The first-order valence-corrected chi connectivity index (χ1v) is 8.78. The number of pyridine rings is 1. The number of benzene rings is 1. The predicted octanol–water partition coefficient (Wildman–Crippen LogP) is 1.92. The molecule has 1 aliphatic rings. The molecule has 11 nitrogen and oxygen atoms in total. The van der Waals surface area contributed by atoms with Crippen LogP contribution in [0.2, 0.25) is 0 Å². The lowest BCUT2D eigenvalue weighted by molar-refractivity contribution is -0.384. The molecule has 3 rings (SSSR count). The van der Waals surface area contributed by atoms with Gasteiger partial charge in [-0.3, -0.25) is 14.9 Å². The summed E-state index contributed by atoms with van der Waals surface area (Å²) in [6.07, 6.45) is 2.70. The van der Waals surface area contributed by atoms with Crippen molar-refractivity contribution in [3.8, 4) is 11.1 Å². The summed E-state index contributed by atoms with van der Waals surface area (Å²) in [4.78, 5) is 50.5. The number of nitrogens with one attached hydrogen (secondary N) is 1. The maximum Gasteiger partial charge on any atom is 0.342 e. The first kappa shape index (κ1) is 19.9. The number of nitrogen functional groups attached to an aromatic ring is 1. The van der Waals surface area contributed by atoms with Gasteiger partial charge in [0.05, 0.1) is 4.92 Å². The molecule has 2 aromatic rings. The summed E-state index contributed by atoms with van der Waals surface area (Å²) < 4.78 is 0. The second-order valence-corrected chi connectivity index (χ2v) is 6.61. The number of hydrogen-bond acceptors (Lipinski definition) is 7. The second-order valence-electron chi connectivity index (χ2n) is 6.61. The Kier molecular flexibility index (Phi) is 5.22. The summed E-state index contributed by atoms with van der Waals surface area (Å²) in [5, 5.41) is 30.5. The highest BCUT2D eigenvalue weighted by atomic mass is 16.6. The Bertz CT molecular complexity index is 1070. The average Bonchev–Trinajstić information content (AvgIpc) is 2.66. The van der Waals surface area contributed by atoms with Gasteiger partial charge in [0.1, 0.15) is 16.9 Å². The summed E-state index contributed by atoms with van der Waals surface area (Å²) in [7, 11) is 0. The summed E-state index contributed by atoms with van der Waals surface area (Å²) >= 11 is 0. The molecule has 1 aromatic carbocycles. The lowest BCUT2D eigenvalue weighted by Gasteiger charge is -2.31. The Morgan fingerprint density at radius 3 is 2.28 bits per heavy atom. The molecule has 0 bridgehead atoms. The molecule has 0 spiro atoms. The second kappa shape index (κ2) is 7.62. The number of H-pyrrole nitrogens is 1. The topological polar surface area (TPSA) is 180 Å². The smallest absolute Gasteiger partial charge is 0.342 e. The number of piperidine rings is 1. The number of carboxylic acid groups (broad SMARTS) is 2. The molecule has 0 radical (unpaired) electrons. The number of nitro groups is 1. The lowest BCUT2D eigenvalue weighted by atomic mass is 9.92. The molecule has 0 amide bonds. The van der Waals surface area contributed by atoms with Crippen LogP contribution in [0.5, 0.6) is 0 Å². The molecule has 1 aromatic heterocycles. The quantitative estimate of drug-likeness (QED) is 0.429. The average molecular weight is 402 g/mol. The number of non-ortho nitro benzene ring substituents is 1. The van der Waals surface area contributed by atoms with E-state index in [1.54, 1.807) is 0 Å². The first-order chi connectivity index (χ1) is 13.7. The van der Waals surface area contributed by atoms with Crippen LogP contribution in [0.15, 0.2) is 23.0 Å². The number of aromatic nitrogens is 1. The zero-order valence-electron chi connectivity index (χ0n) is 15.2. The highest BCUT2D eigenvalue weighted by Crippen LogP contribution is 2.39. The molecule has 0 atom stereocenters. The molecule has 1 saturated heterocycles. The van der Waals surface area contributed by atoms with Crippen molar-refractivity contribution in [3.63, 3.8) is 0 Å². The van der Waals surface area contributed by atoms with Crippen molar-refractivity contribution in [2.45, 2.75) is 19.3 Å². The van der Waals surface area contributed by atoms with Crippen LogP contribution >= 0.6 is 0 Å². The van der Waals surface area contributed by atoms with Crippen LogP contribution in [-0.2, 0) is 0 Å². The lowest BCUT2D eigenvalue weighted by Crippen LogP contribution is -2.30. The summed E-state index contributed by atoms with van der Waals surface area (Å²) in [6, 6.07) is 3.77. The molecule has 5 N–H and O–H groups in total. The fraction of sp³-hybridized carbons (Fsp3) is 0.278. The van der Waals surface area contributed by atoms with E-state index in [1.165, 1.54) is 12.1 Å². The minimum Gasteiger partial charge on any atom is -0.478 e. The number of carbonyl (C=O) groups is 2. The largest absolute Gasteiger partial charge is 0.478 e. The zero-order chi connectivity index (χ0) is 21.3. The molecule has 11 heteroatoms. The van der Waals surface area contributed by atoms with Crippen molar-refractivity contribution in [2.24, 2.45) is 0 Å². The van der Waals surface area contributed by atoms with Gasteiger partial charge in [0.25, 0.3) is 11.2 Å². The molecule has 152 valence electrons. The van der Waals surface area contributed by atoms with Gasteiger partial charge in [0.15, 0.2) is 0 Å². The maximum absolute atomic E-state index is 12.3. The molecule has 2 heterocycles. The predicted molar refractivity (Wildman–Crippen MR) is 104 cm³/mol. The number of aromatic amines is 1. The fourth-order valence-corrected chi connectivity index (χ4v) is 3.56. The van der Waals surface area contributed by atoms with Crippen molar-refractivity contribution < 1.29 is 24.7 Å².